The average Bonchev–Trinajstić information content (AvgIpc) is 2.69. The van der Waals surface area contributed by atoms with Crippen molar-refractivity contribution in [1.29, 1.82) is 0 Å². The van der Waals surface area contributed by atoms with Crippen LogP contribution in [-0.2, 0) is 7.05 Å². The van der Waals surface area contributed by atoms with Gasteiger partial charge in [-0.15, -0.1) is 0 Å². The molecule has 0 unspecified atom stereocenters. The average molecular weight is 324 g/mol. The number of aryl methyl sites for hydroxylation is 1. The molecule has 0 radical (unpaired) electrons. The number of hydrogen-bond donors (Lipinski definition) is 0. The molecule has 0 N–H and O–H groups in total. The first-order valence-electron chi connectivity index (χ1n) is 5.49. The summed E-state index contributed by atoms with van der Waals surface area (Å²) in [6.07, 6.45) is 3.26. The van der Waals surface area contributed by atoms with Gasteiger partial charge < -0.3 is 4.57 Å². The molecule has 0 saturated carbocycles. The summed E-state index contributed by atoms with van der Waals surface area (Å²) >= 11 is 3.43. The highest BCUT2D eigenvalue weighted by atomic mass is 79.9. The van der Waals surface area contributed by atoms with Crippen LogP contribution in [0.2, 0.25) is 0 Å². The Morgan fingerprint density at radius 2 is 1.95 bits per heavy atom. The summed E-state index contributed by atoms with van der Waals surface area (Å²) in [5, 5.41) is 0.774. The summed E-state index contributed by atoms with van der Waals surface area (Å²) < 4.78 is 29.0. The van der Waals surface area contributed by atoms with Gasteiger partial charge in [0.1, 0.15) is 12.0 Å². The Labute approximate surface area is 116 Å². The lowest BCUT2D eigenvalue weighted by atomic mass is 10.1. The first kappa shape index (κ1) is 12.2. The van der Waals surface area contributed by atoms with Gasteiger partial charge in [-0.3, -0.25) is 0 Å². The van der Waals surface area contributed by atoms with Gasteiger partial charge >= 0.3 is 0 Å². The molecule has 2 aromatic heterocycles. The number of halogens is 3. The van der Waals surface area contributed by atoms with Gasteiger partial charge in [-0.1, -0.05) is 0 Å². The van der Waals surface area contributed by atoms with Gasteiger partial charge in [0.05, 0.1) is 11.1 Å². The number of fused-ring (bicyclic) bond motifs is 1. The van der Waals surface area contributed by atoms with Crippen LogP contribution in [0, 0.1) is 11.6 Å². The predicted octanol–water partition coefficient (Wildman–Crippen LogP) is 3.68. The van der Waals surface area contributed by atoms with Crippen molar-refractivity contribution in [1.82, 2.24) is 14.5 Å². The third kappa shape index (κ3) is 1.92. The van der Waals surface area contributed by atoms with E-state index in [9.17, 15) is 8.78 Å². The molecule has 1 aromatic carbocycles. The van der Waals surface area contributed by atoms with E-state index in [0.29, 0.717) is 11.3 Å². The zero-order valence-electron chi connectivity index (χ0n) is 9.86. The van der Waals surface area contributed by atoms with Crippen molar-refractivity contribution < 1.29 is 8.78 Å². The van der Waals surface area contributed by atoms with E-state index < -0.39 is 11.6 Å². The van der Waals surface area contributed by atoms with E-state index in [1.54, 1.807) is 0 Å². The van der Waals surface area contributed by atoms with Crippen LogP contribution in [0.1, 0.15) is 0 Å². The summed E-state index contributed by atoms with van der Waals surface area (Å²) in [5.74, 6) is -1.77. The van der Waals surface area contributed by atoms with Crippen molar-refractivity contribution in [3.63, 3.8) is 0 Å². The second kappa shape index (κ2) is 4.38. The van der Waals surface area contributed by atoms with Crippen molar-refractivity contribution in [3.8, 4) is 11.3 Å². The summed E-state index contributed by atoms with van der Waals surface area (Å²) in [7, 11) is 1.86. The number of nitrogens with zero attached hydrogens (tertiary/aromatic N) is 3. The molecule has 19 heavy (non-hydrogen) atoms. The van der Waals surface area contributed by atoms with Crippen molar-refractivity contribution in [2.45, 2.75) is 0 Å². The molecule has 0 amide bonds. The molecule has 3 nitrogen and oxygen atoms in total. The van der Waals surface area contributed by atoms with E-state index >= 15 is 0 Å². The summed E-state index contributed by atoms with van der Waals surface area (Å²) in [6.45, 7) is 0. The van der Waals surface area contributed by atoms with Gasteiger partial charge in [0, 0.05) is 23.3 Å². The van der Waals surface area contributed by atoms with Gasteiger partial charge in [-0.2, -0.15) is 0 Å². The third-order valence-corrected chi connectivity index (χ3v) is 3.50. The Morgan fingerprint density at radius 1 is 1.16 bits per heavy atom. The van der Waals surface area contributed by atoms with Crippen LogP contribution in [-0.4, -0.2) is 14.5 Å². The first-order valence-corrected chi connectivity index (χ1v) is 6.28. The smallest absolute Gasteiger partial charge is 0.159 e. The summed E-state index contributed by atoms with van der Waals surface area (Å²) in [4.78, 5) is 8.36. The highest BCUT2D eigenvalue weighted by Gasteiger charge is 2.14. The quantitative estimate of drug-likeness (QED) is 0.684. The van der Waals surface area contributed by atoms with E-state index in [4.69, 9.17) is 0 Å². The van der Waals surface area contributed by atoms with E-state index in [2.05, 4.69) is 25.9 Å². The molecule has 3 aromatic rings. The Balaban J connectivity index is 2.33. The summed E-state index contributed by atoms with van der Waals surface area (Å²) in [6, 6.07) is 3.73. The van der Waals surface area contributed by atoms with Crippen LogP contribution in [0.3, 0.4) is 0 Å². The highest BCUT2D eigenvalue weighted by Crippen LogP contribution is 2.32. The fourth-order valence-corrected chi connectivity index (χ4v) is 2.69. The maximum atomic E-state index is 13.3. The maximum absolute atomic E-state index is 13.3. The minimum Gasteiger partial charge on any atom is -0.334 e. The van der Waals surface area contributed by atoms with Crippen molar-refractivity contribution in [2.24, 2.45) is 7.05 Å². The third-order valence-electron chi connectivity index (χ3n) is 2.90. The number of hydrogen-bond acceptors (Lipinski definition) is 2. The number of rotatable bonds is 1. The van der Waals surface area contributed by atoms with Gasteiger partial charge in [-0.05, 0) is 34.1 Å². The monoisotopic (exact) mass is 323 g/mol. The molecular weight excluding hydrogens is 316 g/mol. The Morgan fingerprint density at radius 3 is 2.68 bits per heavy atom. The largest absolute Gasteiger partial charge is 0.334 e. The van der Waals surface area contributed by atoms with E-state index in [1.807, 2.05) is 17.8 Å². The Hall–Kier alpha value is -1.82. The van der Waals surface area contributed by atoms with Crippen LogP contribution in [0.25, 0.3) is 22.3 Å². The van der Waals surface area contributed by atoms with Crippen molar-refractivity contribution in [2.75, 3.05) is 0 Å². The number of benzene rings is 1. The predicted molar refractivity (Wildman–Crippen MR) is 71.6 cm³/mol. The Kier molecular flexibility index (Phi) is 2.82. The molecule has 0 fully saturated rings. The van der Waals surface area contributed by atoms with Gasteiger partial charge in [0.15, 0.2) is 11.6 Å². The minimum absolute atomic E-state index is 0.512. The zero-order valence-corrected chi connectivity index (χ0v) is 11.4. The summed E-state index contributed by atoms with van der Waals surface area (Å²) in [5.41, 5.74) is 1.80. The Bertz CT molecular complexity index is 783. The van der Waals surface area contributed by atoms with Crippen LogP contribution in [0.15, 0.2) is 35.2 Å². The lowest BCUT2D eigenvalue weighted by Gasteiger charge is -2.04. The fraction of sp³-hybridized carbons (Fsp3) is 0.0769. The molecule has 0 aliphatic carbocycles. The molecule has 2 heterocycles. The van der Waals surface area contributed by atoms with Crippen molar-refractivity contribution >= 4 is 27.0 Å². The molecule has 0 saturated heterocycles. The highest BCUT2D eigenvalue weighted by molar-refractivity contribution is 9.10. The molecule has 0 atom stereocenters. The first-order chi connectivity index (χ1) is 9.08. The molecule has 96 valence electrons. The fourth-order valence-electron chi connectivity index (χ4n) is 2.02. The molecule has 0 spiro atoms. The van der Waals surface area contributed by atoms with Gasteiger partial charge in [0.2, 0.25) is 0 Å². The van der Waals surface area contributed by atoms with E-state index in [-0.39, 0.29) is 0 Å². The SMILES string of the molecule is Cn1cc(Br)c2c(-c3ccc(F)c(F)c3)ncnc21. The minimum atomic E-state index is -0.892. The molecular formula is C13H8BrF2N3. The van der Waals surface area contributed by atoms with E-state index in [0.717, 1.165) is 27.6 Å². The van der Waals surface area contributed by atoms with Crippen LogP contribution in [0.5, 0.6) is 0 Å². The standard InChI is InChI=1S/C13H8BrF2N3/c1-19-5-8(14)11-12(17-6-18-13(11)19)7-2-3-9(15)10(16)4-7/h2-6H,1H3. The van der Waals surface area contributed by atoms with E-state index in [1.165, 1.54) is 12.4 Å². The van der Waals surface area contributed by atoms with Crippen LogP contribution < -0.4 is 0 Å². The topological polar surface area (TPSA) is 30.7 Å². The molecule has 6 heteroatoms. The molecule has 0 bridgehead atoms. The maximum Gasteiger partial charge on any atom is 0.159 e. The molecule has 0 aliphatic heterocycles. The second-order valence-electron chi connectivity index (χ2n) is 4.14. The van der Waals surface area contributed by atoms with Crippen LogP contribution in [0.4, 0.5) is 8.78 Å². The normalized spacial score (nSPS) is 11.2. The van der Waals surface area contributed by atoms with Gasteiger partial charge in [0.25, 0.3) is 0 Å². The lowest BCUT2D eigenvalue weighted by Crippen LogP contribution is -1.93. The van der Waals surface area contributed by atoms with Gasteiger partial charge in [-0.25, -0.2) is 18.7 Å². The van der Waals surface area contributed by atoms with Crippen molar-refractivity contribution in [3.05, 3.63) is 46.8 Å². The molecule has 3 rings (SSSR count). The molecule has 0 aliphatic rings. The second-order valence-corrected chi connectivity index (χ2v) is 4.99. The zero-order chi connectivity index (χ0) is 13.6. The van der Waals surface area contributed by atoms with Crippen LogP contribution >= 0.6 is 15.9 Å². The number of aromatic nitrogens is 3. The lowest BCUT2D eigenvalue weighted by molar-refractivity contribution is 0.509.